The van der Waals surface area contributed by atoms with Crippen LogP contribution in [0.5, 0.6) is 0 Å². The lowest BCUT2D eigenvalue weighted by Crippen LogP contribution is -2.35. The van der Waals surface area contributed by atoms with Gasteiger partial charge in [0.25, 0.3) is 0 Å². The molecule has 1 saturated carbocycles. The molecule has 7 heteroatoms. The molecule has 2 aromatic carbocycles. The van der Waals surface area contributed by atoms with Gasteiger partial charge in [-0.05, 0) is 42.0 Å². The van der Waals surface area contributed by atoms with Crippen molar-refractivity contribution in [2.75, 3.05) is 13.7 Å². The van der Waals surface area contributed by atoms with Crippen molar-refractivity contribution in [2.24, 2.45) is 5.73 Å². The first-order valence-electron chi connectivity index (χ1n) is 7.33. The number of hydrogen-bond acceptors (Lipinski definition) is 4. The summed E-state index contributed by atoms with van der Waals surface area (Å²) in [4.78, 5) is 0.201. The molecule has 128 valence electrons. The molecular formula is C17H17Cl2NO3S. The summed E-state index contributed by atoms with van der Waals surface area (Å²) in [6.07, 6.45) is 0. The average molecular weight is 386 g/mol. The van der Waals surface area contributed by atoms with Crippen molar-refractivity contribution in [3.8, 4) is 0 Å². The van der Waals surface area contributed by atoms with Crippen LogP contribution in [-0.4, -0.2) is 32.9 Å². The second-order valence-corrected chi connectivity index (χ2v) is 8.94. The second kappa shape index (κ2) is 6.32. The standard InChI is InChI=1S/C17H17Cl2NO3S/c1-23-10-17(20)15(11-3-2-4-13(19)9-11)16(17)24(21,22)14-7-5-12(18)6-8-14/h2-9,15-16H,10,20H2,1H3/t15-,16+,17-/m0/s1. The molecule has 2 N–H and O–H groups in total. The highest BCUT2D eigenvalue weighted by Gasteiger charge is 2.69. The highest BCUT2D eigenvalue weighted by atomic mass is 35.5. The van der Waals surface area contributed by atoms with Crippen molar-refractivity contribution >= 4 is 33.0 Å². The minimum Gasteiger partial charge on any atom is -0.383 e. The third kappa shape index (κ3) is 2.95. The molecule has 1 aliphatic carbocycles. The van der Waals surface area contributed by atoms with Crippen LogP contribution in [0, 0.1) is 0 Å². The maximum Gasteiger partial charge on any atom is 0.183 e. The van der Waals surface area contributed by atoms with E-state index < -0.39 is 20.6 Å². The molecule has 0 saturated heterocycles. The van der Waals surface area contributed by atoms with E-state index in [2.05, 4.69) is 0 Å². The number of rotatable bonds is 5. The van der Waals surface area contributed by atoms with Gasteiger partial charge in [0.15, 0.2) is 9.84 Å². The molecule has 4 nitrogen and oxygen atoms in total. The highest BCUT2D eigenvalue weighted by Crippen LogP contribution is 2.56. The molecule has 1 fully saturated rings. The van der Waals surface area contributed by atoms with Gasteiger partial charge in [-0.25, -0.2) is 8.42 Å². The molecule has 3 rings (SSSR count). The predicted molar refractivity (Wildman–Crippen MR) is 95.4 cm³/mol. The molecule has 0 unspecified atom stereocenters. The molecule has 0 aliphatic heterocycles. The zero-order chi connectivity index (χ0) is 17.5. The monoisotopic (exact) mass is 385 g/mol. The van der Waals surface area contributed by atoms with E-state index in [1.165, 1.54) is 19.2 Å². The van der Waals surface area contributed by atoms with E-state index in [1.807, 2.05) is 6.07 Å². The van der Waals surface area contributed by atoms with Crippen molar-refractivity contribution in [1.29, 1.82) is 0 Å². The fourth-order valence-electron chi connectivity index (χ4n) is 3.27. The molecule has 1 aliphatic rings. The number of halogens is 2. The fraction of sp³-hybridized carbons (Fsp3) is 0.294. The first kappa shape index (κ1) is 17.7. The summed E-state index contributed by atoms with van der Waals surface area (Å²) in [6.45, 7) is 0.141. The van der Waals surface area contributed by atoms with Gasteiger partial charge in [-0.2, -0.15) is 0 Å². The number of benzene rings is 2. The summed E-state index contributed by atoms with van der Waals surface area (Å²) in [5.41, 5.74) is 6.22. The van der Waals surface area contributed by atoms with Crippen LogP contribution in [0.15, 0.2) is 53.4 Å². The number of sulfone groups is 1. The van der Waals surface area contributed by atoms with Crippen molar-refractivity contribution in [1.82, 2.24) is 0 Å². The molecule has 0 bridgehead atoms. The van der Waals surface area contributed by atoms with E-state index in [4.69, 9.17) is 33.7 Å². The summed E-state index contributed by atoms with van der Waals surface area (Å²) >= 11 is 11.9. The topological polar surface area (TPSA) is 69.4 Å². The molecule has 24 heavy (non-hydrogen) atoms. The molecule has 0 radical (unpaired) electrons. The molecule has 0 spiro atoms. The molecule has 3 atom stereocenters. The van der Waals surface area contributed by atoms with Crippen LogP contribution >= 0.6 is 23.2 Å². The minimum atomic E-state index is -3.63. The Morgan fingerprint density at radius 1 is 1.12 bits per heavy atom. The Morgan fingerprint density at radius 3 is 2.38 bits per heavy atom. The van der Waals surface area contributed by atoms with Gasteiger partial charge in [-0.1, -0.05) is 35.3 Å². The molecule has 0 aromatic heterocycles. The SMILES string of the molecule is COC[C@@]1(N)[C@H](S(=O)(=O)c2ccc(Cl)cc2)[C@@H]1c1cccc(Cl)c1. The third-order valence-corrected chi connectivity index (χ3v) is 7.18. The fourth-order valence-corrected chi connectivity index (χ4v) is 5.88. The van der Waals surface area contributed by atoms with Gasteiger partial charge in [0.2, 0.25) is 0 Å². The van der Waals surface area contributed by atoms with Gasteiger partial charge in [0.1, 0.15) is 0 Å². The summed E-state index contributed by atoms with van der Waals surface area (Å²) < 4.78 is 31.3. The number of nitrogens with two attached hydrogens (primary N) is 1. The quantitative estimate of drug-likeness (QED) is 0.856. The Hall–Kier alpha value is -1.11. The lowest BCUT2D eigenvalue weighted by molar-refractivity contribution is 0.171. The van der Waals surface area contributed by atoms with Gasteiger partial charge in [0.05, 0.1) is 22.3 Å². The first-order chi connectivity index (χ1) is 11.3. The van der Waals surface area contributed by atoms with Crippen molar-refractivity contribution < 1.29 is 13.2 Å². The Balaban J connectivity index is 2.03. The summed E-state index contributed by atoms with van der Waals surface area (Å²) in [6, 6.07) is 13.2. The van der Waals surface area contributed by atoms with Crippen LogP contribution in [-0.2, 0) is 14.6 Å². The van der Waals surface area contributed by atoms with E-state index in [9.17, 15) is 8.42 Å². The maximum absolute atomic E-state index is 13.1. The highest BCUT2D eigenvalue weighted by molar-refractivity contribution is 7.92. The number of ether oxygens (including phenoxy) is 1. The molecular weight excluding hydrogens is 369 g/mol. The van der Waals surface area contributed by atoms with Crippen molar-refractivity contribution in [3.05, 3.63) is 64.1 Å². The largest absolute Gasteiger partial charge is 0.383 e. The lowest BCUT2D eigenvalue weighted by atomic mass is 10.1. The van der Waals surface area contributed by atoms with Gasteiger partial charge in [-0.3, -0.25) is 0 Å². The van der Waals surface area contributed by atoms with Crippen LogP contribution < -0.4 is 5.73 Å². The Kier molecular flexibility index (Phi) is 4.66. The number of methoxy groups -OCH3 is 1. The Labute approximate surface area is 151 Å². The van der Waals surface area contributed by atoms with Crippen LogP contribution in [0.4, 0.5) is 0 Å². The first-order valence-corrected chi connectivity index (χ1v) is 9.63. The second-order valence-electron chi connectivity index (χ2n) is 6.00. The third-order valence-electron chi connectivity index (χ3n) is 4.38. The van der Waals surface area contributed by atoms with E-state index in [0.29, 0.717) is 10.0 Å². The van der Waals surface area contributed by atoms with E-state index >= 15 is 0 Å². The van der Waals surface area contributed by atoms with Crippen molar-refractivity contribution in [2.45, 2.75) is 21.6 Å². The zero-order valence-corrected chi connectivity index (χ0v) is 15.3. The minimum absolute atomic E-state index is 0.141. The van der Waals surface area contributed by atoms with Crippen LogP contribution in [0.1, 0.15) is 11.5 Å². The molecule has 2 aromatic rings. The zero-order valence-electron chi connectivity index (χ0n) is 12.9. The Morgan fingerprint density at radius 2 is 1.79 bits per heavy atom. The van der Waals surface area contributed by atoms with E-state index in [-0.39, 0.29) is 17.4 Å². The number of hydrogen-bond donors (Lipinski definition) is 1. The van der Waals surface area contributed by atoms with Gasteiger partial charge < -0.3 is 10.5 Å². The molecule has 0 amide bonds. The average Bonchev–Trinajstić information content (AvgIpc) is 3.14. The summed E-state index contributed by atoms with van der Waals surface area (Å²) in [5, 5.41) is 0.249. The van der Waals surface area contributed by atoms with E-state index in [1.54, 1.807) is 30.3 Å². The van der Waals surface area contributed by atoms with Crippen LogP contribution in [0.3, 0.4) is 0 Å². The lowest BCUT2D eigenvalue weighted by Gasteiger charge is -2.11. The van der Waals surface area contributed by atoms with Crippen molar-refractivity contribution in [3.63, 3.8) is 0 Å². The summed E-state index contributed by atoms with van der Waals surface area (Å²) in [7, 11) is -2.12. The van der Waals surface area contributed by atoms with Gasteiger partial charge >= 0.3 is 0 Å². The predicted octanol–water partition coefficient (Wildman–Crippen LogP) is 3.28. The normalized spacial score (nSPS) is 26.3. The van der Waals surface area contributed by atoms with Gasteiger partial charge in [0, 0.05) is 23.1 Å². The van der Waals surface area contributed by atoms with Gasteiger partial charge in [-0.15, -0.1) is 0 Å². The summed E-state index contributed by atoms with van der Waals surface area (Å²) in [5.74, 6) is -0.378. The van der Waals surface area contributed by atoms with Crippen LogP contribution in [0.25, 0.3) is 0 Å². The van der Waals surface area contributed by atoms with Crippen LogP contribution in [0.2, 0.25) is 10.0 Å². The Bertz CT molecular complexity index is 854. The van der Waals surface area contributed by atoms with E-state index in [0.717, 1.165) is 5.56 Å². The maximum atomic E-state index is 13.1. The smallest absolute Gasteiger partial charge is 0.183 e. The molecule has 0 heterocycles.